The van der Waals surface area contributed by atoms with E-state index in [9.17, 15) is 4.79 Å². The number of carbonyl (C=O) groups excluding carboxylic acids is 1. The Hall–Kier alpha value is -2.24. The zero-order valence-electron chi connectivity index (χ0n) is 9.01. The molecule has 0 unspecified atom stereocenters. The molecule has 0 aliphatic carbocycles. The van der Waals surface area contributed by atoms with Gasteiger partial charge in [-0.2, -0.15) is 0 Å². The molecule has 1 N–H and O–H groups in total. The Morgan fingerprint density at radius 3 is 2.88 bits per heavy atom. The van der Waals surface area contributed by atoms with Crippen molar-refractivity contribution in [3.63, 3.8) is 0 Å². The number of aromatic nitrogens is 4. The first-order chi connectivity index (χ1) is 7.72. The molecule has 0 bridgehead atoms. The molecular weight excluding hydrogens is 206 g/mol. The summed E-state index contributed by atoms with van der Waals surface area (Å²) in [5.41, 5.74) is 1.29. The third-order valence-electron chi connectivity index (χ3n) is 2.13. The third kappa shape index (κ3) is 1.77. The second-order valence-electron chi connectivity index (χ2n) is 3.25. The van der Waals surface area contributed by atoms with Crippen molar-refractivity contribution in [2.45, 2.75) is 6.92 Å². The van der Waals surface area contributed by atoms with Gasteiger partial charge in [-0.15, -0.1) is 5.10 Å². The van der Waals surface area contributed by atoms with Gasteiger partial charge in [-0.1, -0.05) is 5.21 Å². The molecule has 0 radical (unpaired) electrons. The maximum atomic E-state index is 11.6. The normalized spacial score (nSPS) is 10.1. The van der Waals surface area contributed by atoms with E-state index in [1.165, 1.54) is 10.9 Å². The summed E-state index contributed by atoms with van der Waals surface area (Å²) in [6.07, 6.45) is 3.19. The first-order valence-electron chi connectivity index (χ1n) is 4.79. The van der Waals surface area contributed by atoms with Crippen LogP contribution < -0.4 is 5.32 Å². The van der Waals surface area contributed by atoms with E-state index in [1.807, 2.05) is 6.92 Å². The quantitative estimate of drug-likeness (QED) is 0.786. The topological polar surface area (TPSA) is 72.7 Å². The van der Waals surface area contributed by atoms with E-state index < -0.39 is 0 Å². The lowest BCUT2D eigenvalue weighted by Crippen LogP contribution is -2.21. The number of pyridine rings is 1. The van der Waals surface area contributed by atoms with E-state index in [0.29, 0.717) is 11.4 Å². The Morgan fingerprint density at radius 1 is 1.44 bits per heavy atom. The molecule has 0 aromatic carbocycles. The van der Waals surface area contributed by atoms with Gasteiger partial charge >= 0.3 is 0 Å². The van der Waals surface area contributed by atoms with Crippen molar-refractivity contribution in [1.29, 1.82) is 0 Å². The van der Waals surface area contributed by atoms with Crippen LogP contribution in [-0.2, 0) is 0 Å². The molecule has 0 fully saturated rings. The van der Waals surface area contributed by atoms with Gasteiger partial charge in [0.2, 0.25) is 0 Å². The van der Waals surface area contributed by atoms with Crippen molar-refractivity contribution in [3.05, 3.63) is 35.8 Å². The highest BCUT2D eigenvalue weighted by molar-refractivity contribution is 5.96. The van der Waals surface area contributed by atoms with Crippen LogP contribution in [-0.4, -0.2) is 32.9 Å². The summed E-state index contributed by atoms with van der Waals surface area (Å²) in [5.74, 6) is 0.287. The molecule has 2 rings (SSSR count). The zero-order valence-corrected chi connectivity index (χ0v) is 9.01. The largest absolute Gasteiger partial charge is 0.355 e. The lowest BCUT2D eigenvalue weighted by molar-refractivity contribution is 0.0962. The van der Waals surface area contributed by atoms with Gasteiger partial charge in [0, 0.05) is 12.7 Å². The number of rotatable bonds is 2. The minimum Gasteiger partial charge on any atom is -0.355 e. The van der Waals surface area contributed by atoms with Gasteiger partial charge in [-0.05, 0) is 19.1 Å². The zero-order chi connectivity index (χ0) is 11.5. The van der Waals surface area contributed by atoms with Crippen molar-refractivity contribution < 1.29 is 4.79 Å². The number of hydrogen-bond donors (Lipinski definition) is 1. The molecule has 16 heavy (non-hydrogen) atoms. The maximum absolute atomic E-state index is 11.6. The molecule has 2 heterocycles. The van der Waals surface area contributed by atoms with E-state index in [4.69, 9.17) is 0 Å². The number of nitrogens with one attached hydrogen (secondary N) is 1. The third-order valence-corrected chi connectivity index (χ3v) is 2.13. The van der Waals surface area contributed by atoms with Crippen LogP contribution in [0.3, 0.4) is 0 Å². The van der Waals surface area contributed by atoms with Crippen molar-refractivity contribution in [2.24, 2.45) is 0 Å². The van der Waals surface area contributed by atoms with E-state index in [0.717, 1.165) is 5.69 Å². The first-order valence-corrected chi connectivity index (χ1v) is 4.79. The second-order valence-corrected chi connectivity index (χ2v) is 3.25. The van der Waals surface area contributed by atoms with Crippen LogP contribution in [0.15, 0.2) is 24.5 Å². The van der Waals surface area contributed by atoms with Crippen molar-refractivity contribution in [2.75, 3.05) is 7.05 Å². The summed E-state index contributed by atoms with van der Waals surface area (Å²) < 4.78 is 1.47. The highest BCUT2D eigenvalue weighted by atomic mass is 16.1. The van der Waals surface area contributed by atoms with Gasteiger partial charge in [0.25, 0.3) is 5.91 Å². The number of carbonyl (C=O) groups is 1. The van der Waals surface area contributed by atoms with Gasteiger partial charge in [-0.3, -0.25) is 4.79 Å². The Kier molecular flexibility index (Phi) is 2.63. The Bertz CT molecular complexity index is 506. The summed E-state index contributed by atoms with van der Waals surface area (Å²) in [4.78, 5) is 15.9. The monoisotopic (exact) mass is 217 g/mol. The molecule has 0 atom stereocenters. The van der Waals surface area contributed by atoms with Crippen molar-refractivity contribution >= 4 is 5.91 Å². The van der Waals surface area contributed by atoms with E-state index >= 15 is 0 Å². The molecule has 0 saturated carbocycles. The van der Waals surface area contributed by atoms with Gasteiger partial charge in [0.1, 0.15) is 0 Å². The summed E-state index contributed by atoms with van der Waals surface area (Å²) in [6.45, 7) is 1.86. The highest BCUT2D eigenvalue weighted by Crippen LogP contribution is 2.11. The fraction of sp³-hybridized carbons (Fsp3) is 0.200. The van der Waals surface area contributed by atoms with Crippen LogP contribution in [0.4, 0.5) is 0 Å². The molecule has 1 amide bonds. The molecule has 0 aliphatic heterocycles. The molecule has 82 valence electrons. The van der Waals surface area contributed by atoms with Gasteiger partial charge < -0.3 is 5.32 Å². The van der Waals surface area contributed by atoms with Crippen LogP contribution in [0.1, 0.15) is 16.1 Å². The molecule has 6 heteroatoms. The average Bonchev–Trinajstić information content (AvgIpc) is 2.81. The van der Waals surface area contributed by atoms with Gasteiger partial charge in [-0.25, -0.2) is 9.67 Å². The summed E-state index contributed by atoms with van der Waals surface area (Å²) in [7, 11) is 1.58. The summed E-state index contributed by atoms with van der Waals surface area (Å²) >= 11 is 0. The second kappa shape index (κ2) is 4.09. The predicted molar refractivity (Wildman–Crippen MR) is 57.3 cm³/mol. The standard InChI is InChI=1S/C10H11N5O/c1-7-3-4-8(10(16)11-2)9(13-7)15-6-5-12-14-15/h3-6H,1-2H3,(H,11,16). The van der Waals surface area contributed by atoms with Gasteiger partial charge in [0.15, 0.2) is 5.82 Å². The average molecular weight is 217 g/mol. The molecule has 0 aliphatic rings. The summed E-state index contributed by atoms with van der Waals surface area (Å²) in [5, 5.41) is 10.1. The van der Waals surface area contributed by atoms with Crippen LogP contribution in [0.2, 0.25) is 0 Å². The lowest BCUT2D eigenvalue weighted by Gasteiger charge is -2.07. The SMILES string of the molecule is CNC(=O)c1ccc(C)nc1-n1ccnn1. The lowest BCUT2D eigenvalue weighted by atomic mass is 10.2. The minimum atomic E-state index is -0.196. The van der Waals surface area contributed by atoms with Gasteiger partial charge in [0.05, 0.1) is 18.0 Å². The number of amides is 1. The van der Waals surface area contributed by atoms with E-state index in [2.05, 4.69) is 20.6 Å². The Labute approximate surface area is 92.3 Å². The number of hydrogen-bond acceptors (Lipinski definition) is 4. The van der Waals surface area contributed by atoms with Crippen LogP contribution in [0.25, 0.3) is 5.82 Å². The predicted octanol–water partition coefficient (Wildman–Crippen LogP) is 0.330. The maximum Gasteiger partial charge on any atom is 0.254 e. The molecule has 6 nitrogen and oxygen atoms in total. The Morgan fingerprint density at radius 2 is 2.25 bits per heavy atom. The minimum absolute atomic E-state index is 0.196. The molecule has 2 aromatic heterocycles. The van der Waals surface area contributed by atoms with E-state index in [-0.39, 0.29) is 5.91 Å². The van der Waals surface area contributed by atoms with Crippen LogP contribution in [0.5, 0.6) is 0 Å². The van der Waals surface area contributed by atoms with E-state index in [1.54, 1.807) is 25.4 Å². The smallest absolute Gasteiger partial charge is 0.254 e. The summed E-state index contributed by atoms with van der Waals surface area (Å²) in [6, 6.07) is 3.50. The first kappa shape index (κ1) is 10.3. The van der Waals surface area contributed by atoms with Crippen LogP contribution in [0, 0.1) is 6.92 Å². The Balaban J connectivity index is 2.57. The fourth-order valence-electron chi connectivity index (χ4n) is 1.35. The molecule has 0 saturated heterocycles. The number of nitrogens with zero attached hydrogens (tertiary/aromatic N) is 4. The molecule has 0 spiro atoms. The highest BCUT2D eigenvalue weighted by Gasteiger charge is 2.13. The molecular formula is C10H11N5O. The fourth-order valence-corrected chi connectivity index (χ4v) is 1.35. The van der Waals surface area contributed by atoms with Crippen molar-refractivity contribution in [3.8, 4) is 5.82 Å². The van der Waals surface area contributed by atoms with Crippen molar-refractivity contribution in [1.82, 2.24) is 25.3 Å². The molecule has 2 aromatic rings. The van der Waals surface area contributed by atoms with Crippen LogP contribution >= 0.6 is 0 Å². The number of aryl methyl sites for hydroxylation is 1.